The Morgan fingerprint density at radius 2 is 1.52 bits per heavy atom. The van der Waals surface area contributed by atoms with Gasteiger partial charge in [0.05, 0.1) is 15.5 Å². The summed E-state index contributed by atoms with van der Waals surface area (Å²) in [6, 6.07) is 10.5. The molecule has 0 aliphatic carbocycles. The summed E-state index contributed by atoms with van der Waals surface area (Å²) < 4.78 is 27.7. The Morgan fingerprint density at radius 3 is 1.96 bits per heavy atom. The first-order chi connectivity index (χ1) is 10.9. The first-order valence-electron chi connectivity index (χ1n) is 7.27. The minimum absolute atomic E-state index is 0.00365. The molecule has 2 rings (SSSR count). The second-order valence-corrected chi connectivity index (χ2v) is 6.70. The summed E-state index contributed by atoms with van der Waals surface area (Å²) in [5, 5.41) is 10.7. The van der Waals surface area contributed by atoms with E-state index in [1.54, 1.807) is 0 Å². The third-order valence-corrected chi connectivity index (χ3v) is 4.96. The number of rotatable bonds is 6. The van der Waals surface area contributed by atoms with Gasteiger partial charge in [0.25, 0.3) is 15.7 Å². The summed E-state index contributed by atoms with van der Waals surface area (Å²) in [6.07, 6.45) is 1.40. The predicted octanol–water partition coefficient (Wildman–Crippen LogP) is 3.52. The van der Waals surface area contributed by atoms with E-state index in [9.17, 15) is 18.5 Å². The number of non-ortho nitro benzene ring substituents is 1. The van der Waals surface area contributed by atoms with Crippen molar-refractivity contribution in [2.24, 2.45) is 0 Å². The normalized spacial score (nSPS) is 11.2. The lowest BCUT2D eigenvalue weighted by atomic mass is 10.0. The number of nitrogens with one attached hydrogen (secondary N) is 1. The maximum absolute atomic E-state index is 12.5. The maximum Gasteiger partial charge on any atom is 0.269 e. The van der Waals surface area contributed by atoms with Crippen LogP contribution in [0.3, 0.4) is 0 Å². The molecular weight excluding hydrogens is 316 g/mol. The van der Waals surface area contributed by atoms with Crippen molar-refractivity contribution in [2.75, 3.05) is 4.72 Å². The van der Waals surface area contributed by atoms with E-state index >= 15 is 0 Å². The fourth-order valence-corrected chi connectivity index (χ4v) is 3.46. The van der Waals surface area contributed by atoms with Crippen molar-refractivity contribution in [2.45, 2.75) is 31.6 Å². The summed E-state index contributed by atoms with van der Waals surface area (Å²) in [6.45, 7) is 3.91. The van der Waals surface area contributed by atoms with E-state index in [-0.39, 0.29) is 10.6 Å². The van der Waals surface area contributed by atoms with Gasteiger partial charge in [-0.05, 0) is 36.1 Å². The summed E-state index contributed by atoms with van der Waals surface area (Å²) in [4.78, 5) is 10.1. The van der Waals surface area contributed by atoms with Crippen LogP contribution in [-0.4, -0.2) is 13.3 Å². The number of sulfonamides is 1. The predicted molar refractivity (Wildman–Crippen MR) is 89.1 cm³/mol. The van der Waals surface area contributed by atoms with Gasteiger partial charge in [-0.15, -0.1) is 0 Å². The number of hydrogen-bond donors (Lipinski definition) is 1. The molecule has 23 heavy (non-hydrogen) atoms. The van der Waals surface area contributed by atoms with Gasteiger partial charge < -0.3 is 0 Å². The van der Waals surface area contributed by atoms with E-state index in [2.05, 4.69) is 4.72 Å². The van der Waals surface area contributed by atoms with Gasteiger partial charge in [0.1, 0.15) is 0 Å². The quantitative estimate of drug-likeness (QED) is 0.646. The molecule has 0 fully saturated rings. The molecule has 0 aliphatic rings. The fraction of sp³-hybridized carbons (Fsp3) is 0.250. The SMILES string of the molecule is CCc1cccc(CC)c1NS(=O)(=O)c1ccc([N+](=O)[O-])cc1. The molecule has 0 saturated carbocycles. The Bertz CT molecular complexity index is 792. The Balaban J connectivity index is 2.40. The standard InChI is InChI=1S/C16H18N2O4S/c1-3-12-6-5-7-13(4-2)16(12)17-23(21,22)15-10-8-14(9-11-15)18(19)20/h5-11,17H,3-4H2,1-2H3. The molecule has 0 heterocycles. The van der Waals surface area contributed by atoms with Gasteiger partial charge in [0.15, 0.2) is 0 Å². The highest BCUT2D eigenvalue weighted by Crippen LogP contribution is 2.26. The summed E-state index contributed by atoms with van der Waals surface area (Å²) in [5.41, 5.74) is 2.27. The lowest BCUT2D eigenvalue weighted by molar-refractivity contribution is -0.384. The van der Waals surface area contributed by atoms with Crippen LogP contribution < -0.4 is 4.72 Å². The number of hydrogen-bond acceptors (Lipinski definition) is 4. The molecule has 0 unspecified atom stereocenters. The Morgan fingerprint density at radius 1 is 1.00 bits per heavy atom. The first-order valence-corrected chi connectivity index (χ1v) is 8.75. The highest BCUT2D eigenvalue weighted by Gasteiger charge is 2.18. The topological polar surface area (TPSA) is 89.3 Å². The van der Waals surface area contributed by atoms with Gasteiger partial charge in [-0.2, -0.15) is 0 Å². The Labute approximate surface area is 135 Å². The number of aryl methyl sites for hydroxylation is 2. The fourth-order valence-electron chi connectivity index (χ4n) is 2.31. The van der Waals surface area contributed by atoms with Crippen molar-refractivity contribution in [3.05, 3.63) is 63.7 Å². The van der Waals surface area contributed by atoms with Crippen molar-refractivity contribution in [1.82, 2.24) is 0 Å². The largest absolute Gasteiger partial charge is 0.279 e. The molecule has 0 amide bonds. The van der Waals surface area contributed by atoms with Crippen molar-refractivity contribution < 1.29 is 13.3 Å². The van der Waals surface area contributed by atoms with Crippen LogP contribution in [0.1, 0.15) is 25.0 Å². The molecule has 0 spiro atoms. The van der Waals surface area contributed by atoms with Crippen molar-refractivity contribution in [3.8, 4) is 0 Å². The maximum atomic E-state index is 12.5. The molecule has 0 bridgehead atoms. The second kappa shape index (κ2) is 6.78. The zero-order valence-electron chi connectivity index (χ0n) is 12.9. The van der Waals surface area contributed by atoms with Gasteiger partial charge in [0, 0.05) is 12.1 Å². The number of benzene rings is 2. The first kappa shape index (κ1) is 17.0. The highest BCUT2D eigenvalue weighted by molar-refractivity contribution is 7.92. The van der Waals surface area contributed by atoms with Crippen LogP contribution in [0, 0.1) is 10.1 Å². The van der Waals surface area contributed by atoms with E-state index in [4.69, 9.17) is 0 Å². The lowest BCUT2D eigenvalue weighted by Gasteiger charge is -2.15. The minimum Gasteiger partial charge on any atom is -0.279 e. The van der Waals surface area contributed by atoms with Gasteiger partial charge in [-0.1, -0.05) is 32.0 Å². The number of nitro groups is 1. The van der Waals surface area contributed by atoms with Crippen LogP contribution in [0.2, 0.25) is 0 Å². The third-order valence-electron chi connectivity index (χ3n) is 3.59. The number of nitro benzene ring substituents is 1. The van der Waals surface area contributed by atoms with E-state index in [0.717, 1.165) is 11.1 Å². The van der Waals surface area contributed by atoms with Gasteiger partial charge >= 0.3 is 0 Å². The minimum atomic E-state index is -3.79. The monoisotopic (exact) mass is 334 g/mol. The van der Waals surface area contributed by atoms with Gasteiger partial charge in [-0.3, -0.25) is 14.8 Å². The molecule has 1 N–H and O–H groups in total. The molecule has 2 aromatic carbocycles. The van der Waals surface area contributed by atoms with E-state index < -0.39 is 14.9 Å². The molecular formula is C16H18N2O4S. The summed E-state index contributed by atoms with van der Waals surface area (Å²) in [5.74, 6) is 0. The number of anilines is 1. The molecule has 6 nitrogen and oxygen atoms in total. The zero-order chi connectivity index (χ0) is 17.0. The highest BCUT2D eigenvalue weighted by atomic mass is 32.2. The average Bonchev–Trinajstić information content (AvgIpc) is 2.54. The van der Waals surface area contributed by atoms with Crippen molar-refractivity contribution in [1.29, 1.82) is 0 Å². The molecule has 122 valence electrons. The van der Waals surface area contributed by atoms with Crippen molar-refractivity contribution in [3.63, 3.8) is 0 Å². The van der Waals surface area contributed by atoms with Gasteiger partial charge in [-0.25, -0.2) is 8.42 Å². The average molecular weight is 334 g/mol. The van der Waals surface area contributed by atoms with Crippen LogP contribution in [-0.2, 0) is 22.9 Å². The molecule has 7 heteroatoms. The molecule has 0 saturated heterocycles. The smallest absolute Gasteiger partial charge is 0.269 e. The Hall–Kier alpha value is -2.41. The van der Waals surface area contributed by atoms with E-state index in [1.807, 2.05) is 32.0 Å². The van der Waals surface area contributed by atoms with Crippen LogP contribution in [0.15, 0.2) is 47.4 Å². The zero-order valence-corrected chi connectivity index (χ0v) is 13.8. The molecule has 2 aromatic rings. The second-order valence-electron chi connectivity index (χ2n) is 5.01. The number of para-hydroxylation sites is 1. The van der Waals surface area contributed by atoms with Crippen LogP contribution in [0.5, 0.6) is 0 Å². The van der Waals surface area contributed by atoms with Crippen LogP contribution >= 0.6 is 0 Å². The summed E-state index contributed by atoms with van der Waals surface area (Å²) in [7, 11) is -3.79. The lowest BCUT2D eigenvalue weighted by Crippen LogP contribution is -2.15. The van der Waals surface area contributed by atoms with Gasteiger partial charge in [0.2, 0.25) is 0 Å². The van der Waals surface area contributed by atoms with Crippen LogP contribution in [0.4, 0.5) is 11.4 Å². The van der Waals surface area contributed by atoms with E-state index in [1.165, 1.54) is 24.3 Å². The molecule has 0 aromatic heterocycles. The molecule has 0 radical (unpaired) electrons. The number of nitrogens with zero attached hydrogens (tertiary/aromatic N) is 1. The van der Waals surface area contributed by atoms with Crippen molar-refractivity contribution >= 4 is 21.4 Å². The Kier molecular flexibility index (Phi) is 5.00. The van der Waals surface area contributed by atoms with Crippen LogP contribution in [0.25, 0.3) is 0 Å². The third kappa shape index (κ3) is 3.68. The molecule has 0 atom stereocenters. The van der Waals surface area contributed by atoms with E-state index in [0.29, 0.717) is 18.5 Å². The molecule has 0 aliphatic heterocycles. The summed E-state index contributed by atoms with van der Waals surface area (Å²) >= 11 is 0.